The van der Waals surface area contributed by atoms with Crippen molar-refractivity contribution in [2.75, 3.05) is 0 Å². The van der Waals surface area contributed by atoms with Crippen LogP contribution in [0.25, 0.3) is 0 Å². The molecule has 0 N–H and O–H groups in total. The Balaban J connectivity index is 1.97. The molecule has 0 bridgehead atoms. The van der Waals surface area contributed by atoms with E-state index in [0.29, 0.717) is 19.3 Å². The van der Waals surface area contributed by atoms with Crippen LogP contribution in [0.4, 0.5) is 4.39 Å². The zero-order valence-electron chi connectivity index (χ0n) is 8.73. The molecule has 1 aliphatic rings. The van der Waals surface area contributed by atoms with Crippen LogP contribution >= 0.6 is 0 Å². The van der Waals surface area contributed by atoms with Crippen molar-refractivity contribution in [3.63, 3.8) is 0 Å². The summed E-state index contributed by atoms with van der Waals surface area (Å²) in [5, 5.41) is 3.95. The average Bonchev–Trinajstić information content (AvgIpc) is 2.76. The van der Waals surface area contributed by atoms with Crippen LogP contribution < -0.4 is 0 Å². The Hall–Kier alpha value is -1.71. The Labute approximate surface area is 92.9 Å². The van der Waals surface area contributed by atoms with Gasteiger partial charge in [0, 0.05) is 12.8 Å². The Kier molecular flexibility index (Phi) is 3.29. The highest BCUT2D eigenvalue weighted by Crippen LogP contribution is 2.19. The van der Waals surface area contributed by atoms with Gasteiger partial charge in [-0.05, 0) is 24.1 Å². The molecular formula is C12H12FNO2. The van der Waals surface area contributed by atoms with Crippen LogP contribution in [0.5, 0.6) is 0 Å². The van der Waals surface area contributed by atoms with E-state index >= 15 is 0 Å². The fraction of sp³-hybridized carbons (Fsp3) is 0.333. The zero-order valence-corrected chi connectivity index (χ0v) is 8.73. The molecule has 1 unspecified atom stereocenters. The minimum Gasteiger partial charge on any atom is -0.392 e. The maximum Gasteiger partial charge on any atom is 0.133 e. The van der Waals surface area contributed by atoms with Gasteiger partial charge in [-0.15, -0.1) is 0 Å². The number of benzene rings is 1. The summed E-state index contributed by atoms with van der Waals surface area (Å²) in [7, 11) is 0. The topological polar surface area (TPSA) is 38.7 Å². The van der Waals surface area contributed by atoms with E-state index < -0.39 is 0 Å². The molecule has 0 amide bonds. The number of carbonyl (C=O) groups excluding carboxylic acids is 1. The number of carbonyl (C=O) groups is 1. The molecule has 0 saturated carbocycles. The fourth-order valence-corrected chi connectivity index (χ4v) is 1.65. The average molecular weight is 221 g/mol. The molecule has 0 radical (unpaired) electrons. The molecule has 1 aromatic rings. The second kappa shape index (κ2) is 4.88. The molecule has 1 aliphatic heterocycles. The summed E-state index contributed by atoms with van der Waals surface area (Å²) >= 11 is 0. The fourth-order valence-electron chi connectivity index (χ4n) is 1.65. The molecule has 0 saturated heterocycles. The molecule has 84 valence electrons. The zero-order chi connectivity index (χ0) is 11.4. The first-order valence-electron chi connectivity index (χ1n) is 5.22. The standard InChI is InChI=1S/C12H12FNO2/c13-10-5-3-9(4-6-10)12-8-11(16-14-12)2-1-7-15/h3-7,11H,1-2,8H2. The first-order valence-corrected chi connectivity index (χ1v) is 5.22. The summed E-state index contributed by atoms with van der Waals surface area (Å²) in [5.74, 6) is -0.263. The maximum atomic E-state index is 12.7. The van der Waals surface area contributed by atoms with Gasteiger partial charge in [0.1, 0.15) is 18.2 Å². The molecule has 3 nitrogen and oxygen atoms in total. The largest absolute Gasteiger partial charge is 0.392 e. The van der Waals surface area contributed by atoms with Gasteiger partial charge in [-0.2, -0.15) is 0 Å². The Morgan fingerprint density at radius 1 is 1.44 bits per heavy atom. The smallest absolute Gasteiger partial charge is 0.133 e. The van der Waals surface area contributed by atoms with Gasteiger partial charge in [-0.1, -0.05) is 17.3 Å². The second-order valence-corrected chi connectivity index (χ2v) is 3.72. The summed E-state index contributed by atoms with van der Waals surface area (Å²) in [6.07, 6.45) is 2.69. The molecule has 1 heterocycles. The number of rotatable bonds is 4. The first-order chi connectivity index (χ1) is 7.79. The molecule has 16 heavy (non-hydrogen) atoms. The Morgan fingerprint density at radius 2 is 2.19 bits per heavy atom. The summed E-state index contributed by atoms with van der Waals surface area (Å²) in [6.45, 7) is 0. The van der Waals surface area contributed by atoms with Crippen molar-refractivity contribution in [2.45, 2.75) is 25.4 Å². The van der Waals surface area contributed by atoms with Crippen LogP contribution in [0.15, 0.2) is 29.4 Å². The molecule has 1 aromatic carbocycles. The van der Waals surface area contributed by atoms with Gasteiger partial charge in [0.05, 0.1) is 5.71 Å². The third kappa shape index (κ3) is 2.45. The summed E-state index contributed by atoms with van der Waals surface area (Å²) < 4.78 is 12.7. The van der Waals surface area contributed by atoms with Crippen molar-refractivity contribution < 1.29 is 14.0 Å². The van der Waals surface area contributed by atoms with Gasteiger partial charge in [0.15, 0.2) is 0 Å². The van der Waals surface area contributed by atoms with E-state index in [-0.39, 0.29) is 11.9 Å². The normalized spacial score (nSPS) is 19.1. The maximum absolute atomic E-state index is 12.7. The van der Waals surface area contributed by atoms with Crippen molar-refractivity contribution in [1.82, 2.24) is 0 Å². The van der Waals surface area contributed by atoms with Gasteiger partial charge in [0.2, 0.25) is 0 Å². The number of aldehydes is 1. The third-order valence-electron chi connectivity index (χ3n) is 2.52. The SMILES string of the molecule is O=CCCC1CC(c2ccc(F)cc2)=NO1. The van der Waals surface area contributed by atoms with Gasteiger partial charge < -0.3 is 9.63 Å². The van der Waals surface area contributed by atoms with Gasteiger partial charge >= 0.3 is 0 Å². The van der Waals surface area contributed by atoms with Crippen LogP contribution in [0.3, 0.4) is 0 Å². The van der Waals surface area contributed by atoms with Crippen molar-refractivity contribution in [3.05, 3.63) is 35.6 Å². The molecule has 0 aromatic heterocycles. The van der Waals surface area contributed by atoms with E-state index in [1.807, 2.05) is 0 Å². The van der Waals surface area contributed by atoms with Crippen LogP contribution in [0, 0.1) is 5.82 Å². The molecule has 0 spiro atoms. The van der Waals surface area contributed by atoms with E-state index in [9.17, 15) is 9.18 Å². The molecule has 0 fully saturated rings. The van der Waals surface area contributed by atoms with Crippen LogP contribution in [-0.4, -0.2) is 18.1 Å². The predicted octanol–water partition coefficient (Wildman–Crippen LogP) is 2.30. The van der Waals surface area contributed by atoms with Crippen molar-refractivity contribution in [2.24, 2.45) is 5.16 Å². The molecule has 4 heteroatoms. The lowest BCUT2D eigenvalue weighted by molar-refractivity contribution is -0.108. The first kappa shape index (κ1) is 10.8. The number of oxime groups is 1. The van der Waals surface area contributed by atoms with E-state index in [4.69, 9.17) is 4.84 Å². The minimum absolute atomic E-state index is 0.0229. The van der Waals surface area contributed by atoms with E-state index in [0.717, 1.165) is 17.6 Å². The molecular weight excluding hydrogens is 209 g/mol. The van der Waals surface area contributed by atoms with Gasteiger partial charge in [-0.3, -0.25) is 0 Å². The highest BCUT2D eigenvalue weighted by Gasteiger charge is 2.21. The Bertz CT molecular complexity index is 400. The van der Waals surface area contributed by atoms with Crippen LogP contribution in [-0.2, 0) is 9.63 Å². The van der Waals surface area contributed by atoms with Crippen molar-refractivity contribution in [3.8, 4) is 0 Å². The van der Waals surface area contributed by atoms with E-state index in [2.05, 4.69) is 5.16 Å². The van der Waals surface area contributed by atoms with Crippen LogP contribution in [0.1, 0.15) is 24.8 Å². The highest BCUT2D eigenvalue weighted by molar-refractivity contribution is 6.01. The number of hydrogen-bond acceptors (Lipinski definition) is 3. The van der Waals surface area contributed by atoms with E-state index in [1.54, 1.807) is 12.1 Å². The van der Waals surface area contributed by atoms with Gasteiger partial charge in [-0.25, -0.2) is 4.39 Å². The Morgan fingerprint density at radius 3 is 2.88 bits per heavy atom. The molecule has 2 rings (SSSR count). The predicted molar refractivity (Wildman–Crippen MR) is 57.7 cm³/mol. The monoisotopic (exact) mass is 221 g/mol. The highest BCUT2D eigenvalue weighted by atomic mass is 19.1. The second-order valence-electron chi connectivity index (χ2n) is 3.72. The summed E-state index contributed by atoms with van der Waals surface area (Å²) in [4.78, 5) is 15.4. The lowest BCUT2D eigenvalue weighted by Crippen LogP contribution is -2.08. The number of halogens is 1. The number of hydrogen-bond donors (Lipinski definition) is 0. The molecule has 0 aliphatic carbocycles. The van der Waals surface area contributed by atoms with Crippen LogP contribution in [0.2, 0.25) is 0 Å². The lowest BCUT2D eigenvalue weighted by Gasteiger charge is -2.04. The lowest BCUT2D eigenvalue weighted by atomic mass is 10.0. The third-order valence-corrected chi connectivity index (χ3v) is 2.52. The summed E-state index contributed by atoms with van der Waals surface area (Å²) in [5.41, 5.74) is 1.69. The van der Waals surface area contributed by atoms with Crippen molar-refractivity contribution >= 4 is 12.0 Å². The molecule has 1 atom stereocenters. The quantitative estimate of drug-likeness (QED) is 0.732. The summed E-state index contributed by atoms with van der Waals surface area (Å²) in [6, 6.07) is 6.16. The number of nitrogens with zero attached hydrogens (tertiary/aromatic N) is 1. The van der Waals surface area contributed by atoms with Gasteiger partial charge in [0.25, 0.3) is 0 Å². The van der Waals surface area contributed by atoms with Crippen molar-refractivity contribution in [1.29, 1.82) is 0 Å². The van der Waals surface area contributed by atoms with E-state index in [1.165, 1.54) is 12.1 Å². The minimum atomic E-state index is -0.263.